The Hall–Kier alpha value is -2.32. The van der Waals surface area contributed by atoms with Crippen LogP contribution in [0.25, 0.3) is 0 Å². The minimum Gasteiger partial charge on any atom is -0.485 e. The van der Waals surface area contributed by atoms with Crippen LogP contribution in [0.1, 0.15) is 60.7 Å². The van der Waals surface area contributed by atoms with Crippen LogP contribution in [0.2, 0.25) is 0 Å². The van der Waals surface area contributed by atoms with Crippen LogP contribution in [0.4, 0.5) is 0 Å². The van der Waals surface area contributed by atoms with Crippen molar-refractivity contribution in [3.63, 3.8) is 0 Å². The first-order valence-electron chi connectivity index (χ1n) is 11.6. The Labute approximate surface area is 201 Å². The maximum atomic E-state index is 13.0. The summed E-state index contributed by atoms with van der Waals surface area (Å²) in [4.78, 5) is 27.6. The highest BCUT2D eigenvalue weighted by Crippen LogP contribution is 2.44. The quantitative estimate of drug-likeness (QED) is 0.612. The van der Waals surface area contributed by atoms with Crippen molar-refractivity contribution < 1.29 is 23.5 Å². The predicted molar refractivity (Wildman–Crippen MR) is 125 cm³/mol. The summed E-state index contributed by atoms with van der Waals surface area (Å²) in [5.41, 5.74) is 0.471. The summed E-state index contributed by atoms with van der Waals surface area (Å²) in [5.74, 6) is 1.58. The Morgan fingerprint density at radius 1 is 1.27 bits per heavy atom. The lowest BCUT2D eigenvalue weighted by molar-refractivity contribution is -0.123. The van der Waals surface area contributed by atoms with Crippen LogP contribution in [0.3, 0.4) is 0 Å². The first kappa shape index (κ1) is 22.5. The number of fused-ring (bicyclic) bond motifs is 1. The highest BCUT2D eigenvalue weighted by atomic mass is 79.9. The van der Waals surface area contributed by atoms with Crippen molar-refractivity contribution in [1.29, 1.82) is 0 Å². The van der Waals surface area contributed by atoms with E-state index in [0.717, 1.165) is 30.6 Å². The molecule has 2 aromatic rings. The average molecular weight is 517 g/mol. The van der Waals surface area contributed by atoms with Crippen LogP contribution in [0.5, 0.6) is 5.75 Å². The van der Waals surface area contributed by atoms with Gasteiger partial charge < -0.3 is 24.1 Å². The molecule has 2 atom stereocenters. The number of amides is 2. The molecule has 176 valence electrons. The molecule has 1 aromatic heterocycles. The van der Waals surface area contributed by atoms with Gasteiger partial charge in [-0.05, 0) is 53.2 Å². The van der Waals surface area contributed by atoms with Crippen molar-refractivity contribution in [2.24, 2.45) is 5.92 Å². The first-order valence-corrected chi connectivity index (χ1v) is 12.4. The molecule has 1 aromatic carbocycles. The lowest BCUT2D eigenvalue weighted by Crippen LogP contribution is -2.47. The SMILES string of the molecule is COC1CC(CCC(=O)NC2CC3(CCN(C(=O)c4occc4Br)C3)Oc3ccccc32)C1. The lowest BCUT2D eigenvalue weighted by atomic mass is 9.79. The van der Waals surface area contributed by atoms with Crippen molar-refractivity contribution in [1.82, 2.24) is 10.2 Å². The van der Waals surface area contributed by atoms with Gasteiger partial charge in [-0.2, -0.15) is 0 Å². The Bertz CT molecular complexity index is 1030. The van der Waals surface area contributed by atoms with E-state index in [1.165, 1.54) is 6.26 Å². The zero-order chi connectivity index (χ0) is 23.0. The molecule has 0 bridgehead atoms. The second-order valence-corrected chi connectivity index (χ2v) is 10.3. The molecule has 0 radical (unpaired) electrons. The number of ether oxygens (including phenoxy) is 2. The van der Waals surface area contributed by atoms with Crippen LogP contribution in [0.15, 0.2) is 45.5 Å². The van der Waals surface area contributed by atoms with Gasteiger partial charge in [0.2, 0.25) is 11.7 Å². The Morgan fingerprint density at radius 3 is 2.85 bits per heavy atom. The van der Waals surface area contributed by atoms with E-state index in [4.69, 9.17) is 13.9 Å². The molecule has 1 aliphatic carbocycles. The highest BCUT2D eigenvalue weighted by Gasteiger charge is 2.48. The number of carbonyl (C=O) groups excluding carboxylic acids is 2. The second kappa shape index (κ2) is 9.14. The van der Waals surface area contributed by atoms with E-state index < -0.39 is 5.60 Å². The summed E-state index contributed by atoms with van der Waals surface area (Å²) in [6.45, 7) is 1.04. The summed E-state index contributed by atoms with van der Waals surface area (Å²) in [5, 5.41) is 3.26. The summed E-state index contributed by atoms with van der Waals surface area (Å²) in [6.07, 6.45) is 6.70. The molecule has 1 saturated carbocycles. The smallest absolute Gasteiger partial charge is 0.290 e. The molecule has 2 unspecified atom stereocenters. The van der Waals surface area contributed by atoms with E-state index in [9.17, 15) is 9.59 Å². The van der Waals surface area contributed by atoms with Gasteiger partial charge in [-0.15, -0.1) is 0 Å². The summed E-state index contributed by atoms with van der Waals surface area (Å²) < 4.78 is 17.8. The van der Waals surface area contributed by atoms with Gasteiger partial charge in [0, 0.05) is 38.5 Å². The third-order valence-corrected chi connectivity index (χ3v) is 7.88. The van der Waals surface area contributed by atoms with Gasteiger partial charge in [-0.25, -0.2) is 0 Å². The number of methoxy groups -OCH3 is 1. The monoisotopic (exact) mass is 516 g/mol. The van der Waals surface area contributed by atoms with E-state index in [1.807, 2.05) is 24.3 Å². The van der Waals surface area contributed by atoms with Crippen molar-refractivity contribution in [2.75, 3.05) is 20.2 Å². The maximum absolute atomic E-state index is 13.0. The molecule has 8 heteroatoms. The molecule has 3 aliphatic rings. The standard InChI is InChI=1S/C25H29BrN2O5/c1-31-17-12-16(13-17)6-7-22(29)27-20-14-25(33-21-5-3-2-4-18(20)21)9-10-28(15-25)24(30)23-19(26)8-11-32-23/h2-5,8,11,16-17,20H,6-7,9-10,12-15H2,1H3,(H,27,29). The van der Waals surface area contributed by atoms with Gasteiger partial charge in [0.15, 0.2) is 0 Å². The number of rotatable bonds is 6. The van der Waals surface area contributed by atoms with Gasteiger partial charge in [-0.1, -0.05) is 18.2 Å². The fourth-order valence-corrected chi connectivity index (χ4v) is 5.68. The zero-order valence-corrected chi connectivity index (χ0v) is 20.3. The fourth-order valence-electron chi connectivity index (χ4n) is 5.31. The van der Waals surface area contributed by atoms with Gasteiger partial charge in [0.1, 0.15) is 11.4 Å². The minimum absolute atomic E-state index is 0.0677. The normalized spacial score (nSPS) is 28.2. The molecule has 7 nitrogen and oxygen atoms in total. The number of hydrogen-bond acceptors (Lipinski definition) is 5. The molecule has 5 rings (SSSR count). The molecule has 1 N–H and O–H groups in total. The average Bonchev–Trinajstić information content (AvgIpc) is 3.38. The predicted octanol–water partition coefficient (Wildman–Crippen LogP) is 4.47. The number of benzene rings is 1. The van der Waals surface area contributed by atoms with Crippen LogP contribution in [-0.4, -0.2) is 48.6 Å². The van der Waals surface area contributed by atoms with E-state index in [0.29, 0.717) is 54.6 Å². The third-order valence-electron chi connectivity index (χ3n) is 7.25. The van der Waals surface area contributed by atoms with Crippen molar-refractivity contribution in [3.05, 3.63) is 52.4 Å². The number of halogens is 1. The Morgan fingerprint density at radius 2 is 2.09 bits per heavy atom. The molecular weight excluding hydrogens is 488 g/mol. The highest BCUT2D eigenvalue weighted by molar-refractivity contribution is 9.10. The van der Waals surface area contributed by atoms with Crippen molar-refractivity contribution in [3.8, 4) is 5.75 Å². The molecule has 2 amide bonds. The number of para-hydroxylation sites is 1. The Kier molecular flexibility index (Phi) is 6.22. The van der Waals surface area contributed by atoms with E-state index in [-0.39, 0.29) is 17.9 Å². The summed E-state index contributed by atoms with van der Waals surface area (Å²) in [6, 6.07) is 9.45. The van der Waals surface area contributed by atoms with Crippen LogP contribution in [0, 0.1) is 5.92 Å². The number of hydrogen-bond donors (Lipinski definition) is 1. The van der Waals surface area contributed by atoms with E-state index >= 15 is 0 Å². The Balaban J connectivity index is 1.26. The molecule has 3 heterocycles. The second-order valence-electron chi connectivity index (χ2n) is 9.46. The van der Waals surface area contributed by atoms with Gasteiger partial charge in [0.25, 0.3) is 5.91 Å². The van der Waals surface area contributed by atoms with E-state index in [1.54, 1.807) is 18.1 Å². The molecule has 1 saturated heterocycles. The number of likely N-dealkylation sites (tertiary alicyclic amines) is 1. The van der Waals surface area contributed by atoms with Crippen LogP contribution >= 0.6 is 15.9 Å². The van der Waals surface area contributed by atoms with Gasteiger partial charge in [0.05, 0.1) is 29.4 Å². The van der Waals surface area contributed by atoms with Crippen LogP contribution < -0.4 is 10.1 Å². The van der Waals surface area contributed by atoms with E-state index in [2.05, 4.69) is 21.2 Å². The number of carbonyl (C=O) groups is 2. The van der Waals surface area contributed by atoms with Crippen molar-refractivity contribution >= 4 is 27.7 Å². The molecule has 2 fully saturated rings. The number of nitrogens with one attached hydrogen (secondary N) is 1. The molecule has 33 heavy (non-hydrogen) atoms. The molecular formula is C25H29BrN2O5. The topological polar surface area (TPSA) is 81.0 Å². The fraction of sp³-hybridized carbons (Fsp3) is 0.520. The largest absolute Gasteiger partial charge is 0.485 e. The van der Waals surface area contributed by atoms with Crippen molar-refractivity contribution in [2.45, 2.75) is 56.3 Å². The third kappa shape index (κ3) is 4.55. The molecule has 1 spiro atoms. The first-order chi connectivity index (χ1) is 16.0. The number of nitrogens with zero attached hydrogens (tertiary/aromatic N) is 1. The lowest BCUT2D eigenvalue weighted by Gasteiger charge is -2.40. The minimum atomic E-state index is -0.527. The summed E-state index contributed by atoms with van der Waals surface area (Å²) >= 11 is 3.37. The van der Waals surface area contributed by atoms with Gasteiger partial charge >= 0.3 is 0 Å². The maximum Gasteiger partial charge on any atom is 0.290 e. The number of furan rings is 1. The zero-order valence-electron chi connectivity index (χ0n) is 18.7. The summed E-state index contributed by atoms with van der Waals surface area (Å²) in [7, 11) is 1.75. The molecule has 2 aliphatic heterocycles. The van der Waals surface area contributed by atoms with Gasteiger partial charge in [-0.3, -0.25) is 9.59 Å². The van der Waals surface area contributed by atoms with Crippen LogP contribution in [-0.2, 0) is 9.53 Å².